The van der Waals surface area contributed by atoms with E-state index in [-0.39, 0.29) is 16.5 Å². The van der Waals surface area contributed by atoms with Crippen molar-refractivity contribution >= 4 is 34.7 Å². The third-order valence-electron chi connectivity index (χ3n) is 3.42. The molecular formula is C17H15ClFN5O. The van der Waals surface area contributed by atoms with Gasteiger partial charge in [-0.1, -0.05) is 17.7 Å². The van der Waals surface area contributed by atoms with Crippen molar-refractivity contribution in [3.63, 3.8) is 0 Å². The molecule has 3 aromatic rings. The summed E-state index contributed by atoms with van der Waals surface area (Å²) in [7, 11) is 0. The lowest BCUT2D eigenvalue weighted by molar-refractivity contribution is 0.102. The fourth-order valence-electron chi connectivity index (χ4n) is 2.42. The zero-order valence-electron chi connectivity index (χ0n) is 13.5. The SMILES string of the molecule is Cc1cc(C)cc(Nc2n[nH]nc2C(=O)Nc2ccc(F)c(Cl)c2)c1. The summed E-state index contributed by atoms with van der Waals surface area (Å²) in [5.41, 5.74) is 3.40. The summed E-state index contributed by atoms with van der Waals surface area (Å²) in [4.78, 5) is 12.4. The van der Waals surface area contributed by atoms with Crippen molar-refractivity contribution in [1.29, 1.82) is 0 Å². The molecule has 0 saturated heterocycles. The Morgan fingerprint density at radius 2 is 1.80 bits per heavy atom. The van der Waals surface area contributed by atoms with Crippen LogP contribution in [0, 0.1) is 19.7 Å². The Kier molecular flexibility index (Phi) is 4.67. The second kappa shape index (κ2) is 6.90. The summed E-state index contributed by atoms with van der Waals surface area (Å²) in [5, 5.41) is 15.9. The van der Waals surface area contributed by atoms with Crippen LogP contribution in [0.5, 0.6) is 0 Å². The van der Waals surface area contributed by atoms with Gasteiger partial charge in [0.2, 0.25) is 0 Å². The van der Waals surface area contributed by atoms with E-state index in [0.29, 0.717) is 5.69 Å². The van der Waals surface area contributed by atoms with E-state index in [2.05, 4.69) is 26.0 Å². The number of nitrogens with zero attached hydrogens (tertiary/aromatic N) is 2. The first-order chi connectivity index (χ1) is 11.9. The molecule has 0 aliphatic rings. The van der Waals surface area contributed by atoms with E-state index in [1.807, 2.05) is 32.0 Å². The standard InChI is InChI=1S/C17H15ClFN5O/c1-9-5-10(2)7-12(6-9)20-16-15(22-24-23-16)17(25)21-11-3-4-14(19)13(18)8-11/h3-8H,1-2H3,(H,21,25)(H2,20,22,23,24). The first kappa shape index (κ1) is 16.9. The van der Waals surface area contributed by atoms with Gasteiger partial charge in [0.05, 0.1) is 5.02 Å². The Balaban J connectivity index is 1.80. The minimum Gasteiger partial charge on any atom is -0.337 e. The van der Waals surface area contributed by atoms with Crippen LogP contribution in [0.25, 0.3) is 0 Å². The highest BCUT2D eigenvalue weighted by Gasteiger charge is 2.17. The Labute approximate surface area is 148 Å². The van der Waals surface area contributed by atoms with Gasteiger partial charge in [0.25, 0.3) is 5.91 Å². The number of carbonyl (C=O) groups excluding carboxylic acids is 1. The number of rotatable bonds is 4. The van der Waals surface area contributed by atoms with E-state index >= 15 is 0 Å². The van der Waals surface area contributed by atoms with Crippen LogP contribution >= 0.6 is 11.6 Å². The van der Waals surface area contributed by atoms with Crippen LogP contribution in [0.15, 0.2) is 36.4 Å². The molecular weight excluding hydrogens is 345 g/mol. The highest BCUT2D eigenvalue weighted by molar-refractivity contribution is 6.31. The van der Waals surface area contributed by atoms with Crippen molar-refractivity contribution in [1.82, 2.24) is 15.4 Å². The topological polar surface area (TPSA) is 82.7 Å². The molecule has 1 heterocycles. The van der Waals surface area contributed by atoms with Gasteiger partial charge in [-0.25, -0.2) is 4.39 Å². The molecule has 0 aliphatic heterocycles. The minimum atomic E-state index is -0.557. The summed E-state index contributed by atoms with van der Waals surface area (Å²) < 4.78 is 13.2. The number of H-pyrrole nitrogens is 1. The zero-order valence-corrected chi connectivity index (χ0v) is 14.3. The number of hydrogen-bond acceptors (Lipinski definition) is 4. The number of aryl methyl sites for hydroxylation is 2. The Morgan fingerprint density at radius 3 is 2.48 bits per heavy atom. The lowest BCUT2D eigenvalue weighted by atomic mass is 10.1. The number of anilines is 3. The quantitative estimate of drug-likeness (QED) is 0.651. The molecule has 6 nitrogen and oxygen atoms in total. The zero-order chi connectivity index (χ0) is 18.0. The highest BCUT2D eigenvalue weighted by atomic mass is 35.5. The molecule has 25 heavy (non-hydrogen) atoms. The molecule has 8 heteroatoms. The maximum Gasteiger partial charge on any atom is 0.280 e. The number of aromatic nitrogens is 3. The van der Waals surface area contributed by atoms with E-state index in [0.717, 1.165) is 16.8 Å². The van der Waals surface area contributed by atoms with Crippen molar-refractivity contribution in [3.8, 4) is 0 Å². The molecule has 0 fully saturated rings. The predicted molar refractivity (Wildman–Crippen MR) is 94.9 cm³/mol. The average Bonchev–Trinajstić information content (AvgIpc) is 2.98. The average molecular weight is 360 g/mol. The smallest absolute Gasteiger partial charge is 0.280 e. The van der Waals surface area contributed by atoms with Crippen LogP contribution in [0.4, 0.5) is 21.6 Å². The van der Waals surface area contributed by atoms with E-state index in [4.69, 9.17) is 11.6 Å². The number of carbonyl (C=O) groups is 1. The Bertz CT molecular complexity index is 920. The number of benzene rings is 2. The first-order valence-corrected chi connectivity index (χ1v) is 7.82. The van der Waals surface area contributed by atoms with Gasteiger partial charge < -0.3 is 10.6 Å². The maximum absolute atomic E-state index is 13.2. The summed E-state index contributed by atoms with van der Waals surface area (Å²) in [6, 6.07) is 9.82. The van der Waals surface area contributed by atoms with Crippen LogP contribution in [0.3, 0.4) is 0 Å². The van der Waals surface area contributed by atoms with Crippen molar-refractivity contribution in [3.05, 3.63) is 64.1 Å². The normalized spacial score (nSPS) is 10.6. The van der Waals surface area contributed by atoms with E-state index in [1.54, 1.807) is 0 Å². The molecule has 0 unspecified atom stereocenters. The monoisotopic (exact) mass is 359 g/mol. The second-order valence-electron chi connectivity index (χ2n) is 5.61. The molecule has 0 radical (unpaired) electrons. The summed E-state index contributed by atoms with van der Waals surface area (Å²) in [6.07, 6.45) is 0. The second-order valence-corrected chi connectivity index (χ2v) is 6.01. The van der Waals surface area contributed by atoms with Gasteiger partial charge in [0, 0.05) is 11.4 Å². The molecule has 0 spiro atoms. The molecule has 3 rings (SSSR count). The molecule has 3 N–H and O–H groups in total. The molecule has 0 atom stereocenters. The molecule has 1 aromatic heterocycles. The van der Waals surface area contributed by atoms with Gasteiger partial charge in [0.1, 0.15) is 5.82 Å². The van der Waals surface area contributed by atoms with Gasteiger partial charge in [-0.05, 0) is 55.3 Å². The Morgan fingerprint density at radius 1 is 1.08 bits per heavy atom. The van der Waals surface area contributed by atoms with E-state index < -0.39 is 11.7 Å². The van der Waals surface area contributed by atoms with Crippen molar-refractivity contribution in [2.75, 3.05) is 10.6 Å². The minimum absolute atomic E-state index is 0.0773. The molecule has 0 saturated carbocycles. The maximum atomic E-state index is 13.2. The van der Waals surface area contributed by atoms with E-state index in [9.17, 15) is 9.18 Å². The predicted octanol–water partition coefficient (Wildman–Crippen LogP) is 4.21. The molecule has 2 aromatic carbocycles. The number of aromatic amines is 1. The lowest BCUT2D eigenvalue weighted by Crippen LogP contribution is -2.14. The third-order valence-corrected chi connectivity index (χ3v) is 3.71. The van der Waals surface area contributed by atoms with Crippen LogP contribution in [-0.2, 0) is 0 Å². The summed E-state index contributed by atoms with van der Waals surface area (Å²) in [5.74, 6) is -0.766. The van der Waals surface area contributed by atoms with Gasteiger partial charge >= 0.3 is 0 Å². The molecule has 1 amide bonds. The van der Waals surface area contributed by atoms with Crippen LogP contribution in [-0.4, -0.2) is 21.3 Å². The summed E-state index contributed by atoms with van der Waals surface area (Å²) >= 11 is 5.72. The van der Waals surface area contributed by atoms with Crippen LogP contribution < -0.4 is 10.6 Å². The Hall–Kier alpha value is -2.93. The number of halogens is 2. The number of amides is 1. The van der Waals surface area contributed by atoms with Crippen molar-refractivity contribution in [2.45, 2.75) is 13.8 Å². The number of hydrogen-bond donors (Lipinski definition) is 3. The van der Waals surface area contributed by atoms with Crippen molar-refractivity contribution < 1.29 is 9.18 Å². The van der Waals surface area contributed by atoms with Crippen molar-refractivity contribution in [2.24, 2.45) is 0 Å². The fraction of sp³-hybridized carbons (Fsp3) is 0.118. The van der Waals surface area contributed by atoms with Gasteiger partial charge in [-0.3, -0.25) is 4.79 Å². The summed E-state index contributed by atoms with van der Waals surface area (Å²) in [6.45, 7) is 3.96. The molecule has 0 bridgehead atoms. The van der Waals surface area contributed by atoms with Crippen LogP contribution in [0.1, 0.15) is 21.6 Å². The molecule has 128 valence electrons. The van der Waals surface area contributed by atoms with Gasteiger partial charge in [-0.15, -0.1) is 10.2 Å². The fourth-order valence-corrected chi connectivity index (χ4v) is 2.60. The largest absolute Gasteiger partial charge is 0.337 e. The third kappa shape index (κ3) is 3.95. The highest BCUT2D eigenvalue weighted by Crippen LogP contribution is 2.22. The van der Waals surface area contributed by atoms with Gasteiger partial charge in [-0.2, -0.15) is 5.21 Å². The van der Waals surface area contributed by atoms with Crippen LogP contribution in [0.2, 0.25) is 5.02 Å². The van der Waals surface area contributed by atoms with E-state index in [1.165, 1.54) is 18.2 Å². The molecule has 0 aliphatic carbocycles. The van der Waals surface area contributed by atoms with Gasteiger partial charge in [0.15, 0.2) is 11.5 Å². The first-order valence-electron chi connectivity index (χ1n) is 7.45. The lowest BCUT2D eigenvalue weighted by Gasteiger charge is -2.08. The number of nitrogens with one attached hydrogen (secondary N) is 3.